The van der Waals surface area contributed by atoms with Crippen LogP contribution in [0.3, 0.4) is 0 Å². The second kappa shape index (κ2) is 11.4. The molecule has 4 rings (SSSR count). The summed E-state index contributed by atoms with van der Waals surface area (Å²) >= 11 is 0. The Morgan fingerprint density at radius 3 is 2.29 bits per heavy atom. The average molecular weight is 469 g/mol. The van der Waals surface area contributed by atoms with Gasteiger partial charge in [-0.2, -0.15) is 0 Å². The molecule has 6 nitrogen and oxygen atoms in total. The number of nitrogens with zero attached hydrogens (tertiary/aromatic N) is 2. The zero-order chi connectivity index (χ0) is 23.9. The van der Waals surface area contributed by atoms with Crippen LogP contribution in [0.5, 0.6) is 17.2 Å². The number of amides is 1. The number of carbonyl (C=O) groups is 1. The fraction of sp³-hybridized carbons (Fsp3) is 0.444. The number of ether oxygens (including phenoxy) is 3. The van der Waals surface area contributed by atoms with Gasteiger partial charge >= 0.3 is 0 Å². The molecular weight excluding hydrogens is 435 g/mol. The molecule has 2 aromatic carbocycles. The van der Waals surface area contributed by atoms with Gasteiger partial charge in [-0.25, -0.2) is 4.39 Å². The second-order valence-electron chi connectivity index (χ2n) is 8.79. The summed E-state index contributed by atoms with van der Waals surface area (Å²) in [4.78, 5) is 17.1. The van der Waals surface area contributed by atoms with Crippen molar-refractivity contribution >= 4 is 12.0 Å². The van der Waals surface area contributed by atoms with E-state index in [9.17, 15) is 9.18 Å². The highest BCUT2D eigenvalue weighted by molar-refractivity contribution is 5.92. The van der Waals surface area contributed by atoms with Crippen LogP contribution in [0.25, 0.3) is 6.08 Å². The van der Waals surface area contributed by atoms with E-state index < -0.39 is 0 Å². The van der Waals surface area contributed by atoms with Crippen molar-refractivity contribution in [1.29, 1.82) is 0 Å². The Bertz CT molecular complexity index is 996. The van der Waals surface area contributed by atoms with Crippen LogP contribution >= 0.6 is 0 Å². The van der Waals surface area contributed by atoms with Gasteiger partial charge in [0.2, 0.25) is 5.91 Å². The number of hydrogen-bond acceptors (Lipinski definition) is 5. The van der Waals surface area contributed by atoms with Gasteiger partial charge in [0.1, 0.15) is 6.10 Å². The monoisotopic (exact) mass is 468 g/mol. The van der Waals surface area contributed by atoms with Crippen LogP contribution in [-0.4, -0.2) is 68.3 Å². The van der Waals surface area contributed by atoms with Crippen LogP contribution in [0.1, 0.15) is 31.2 Å². The van der Waals surface area contributed by atoms with E-state index in [0.717, 1.165) is 57.4 Å². The smallest absolute Gasteiger partial charge is 0.246 e. The first kappa shape index (κ1) is 24.1. The SMILES string of the molecule is COc1ccc(/C=C/C(=O)N2CCC(N3CCC(Oc4ccccc4F)CC3)CC2)cc1OC. The molecule has 2 saturated heterocycles. The molecule has 2 aromatic rings. The van der Waals surface area contributed by atoms with Gasteiger partial charge < -0.3 is 19.1 Å². The van der Waals surface area contributed by atoms with Crippen molar-refractivity contribution < 1.29 is 23.4 Å². The quantitative estimate of drug-likeness (QED) is 0.564. The summed E-state index contributed by atoms with van der Waals surface area (Å²) in [7, 11) is 3.20. The third-order valence-electron chi connectivity index (χ3n) is 6.73. The average Bonchev–Trinajstić information content (AvgIpc) is 2.89. The maximum atomic E-state index is 13.8. The van der Waals surface area contributed by atoms with Crippen LogP contribution in [-0.2, 0) is 4.79 Å². The first-order valence-electron chi connectivity index (χ1n) is 11.9. The van der Waals surface area contributed by atoms with Gasteiger partial charge in [-0.05, 0) is 61.6 Å². The van der Waals surface area contributed by atoms with Gasteiger partial charge in [0.05, 0.1) is 14.2 Å². The minimum atomic E-state index is -0.304. The number of rotatable bonds is 7. The molecule has 0 N–H and O–H groups in total. The number of carbonyl (C=O) groups excluding carboxylic acids is 1. The van der Waals surface area contributed by atoms with Gasteiger partial charge in [0.25, 0.3) is 0 Å². The number of hydrogen-bond donors (Lipinski definition) is 0. The molecule has 0 aromatic heterocycles. The summed E-state index contributed by atoms with van der Waals surface area (Å²) in [5.41, 5.74) is 0.890. The van der Waals surface area contributed by atoms with Crippen molar-refractivity contribution in [3.8, 4) is 17.2 Å². The van der Waals surface area contributed by atoms with E-state index in [-0.39, 0.29) is 17.8 Å². The van der Waals surface area contributed by atoms with Crippen LogP contribution in [0.2, 0.25) is 0 Å². The molecule has 0 bridgehead atoms. The van der Waals surface area contributed by atoms with Crippen molar-refractivity contribution in [3.63, 3.8) is 0 Å². The van der Waals surface area contributed by atoms with Gasteiger partial charge in [-0.1, -0.05) is 18.2 Å². The molecule has 0 atom stereocenters. The van der Waals surface area contributed by atoms with Crippen molar-refractivity contribution in [1.82, 2.24) is 9.80 Å². The third-order valence-corrected chi connectivity index (χ3v) is 6.73. The number of piperidine rings is 2. The fourth-order valence-corrected chi connectivity index (χ4v) is 4.76. The predicted molar refractivity (Wildman–Crippen MR) is 130 cm³/mol. The van der Waals surface area contributed by atoms with E-state index in [4.69, 9.17) is 14.2 Å². The predicted octanol–water partition coefficient (Wildman–Crippen LogP) is 4.39. The van der Waals surface area contributed by atoms with Gasteiger partial charge in [0.15, 0.2) is 23.1 Å². The van der Waals surface area contributed by atoms with Crippen molar-refractivity contribution in [2.45, 2.75) is 37.8 Å². The third kappa shape index (κ3) is 5.89. The first-order chi connectivity index (χ1) is 16.6. The second-order valence-corrected chi connectivity index (χ2v) is 8.79. The van der Waals surface area contributed by atoms with Crippen molar-refractivity contribution in [2.75, 3.05) is 40.4 Å². The molecule has 0 unspecified atom stereocenters. The van der Waals surface area contributed by atoms with Crippen LogP contribution in [0.4, 0.5) is 4.39 Å². The minimum absolute atomic E-state index is 0.0326. The summed E-state index contributed by atoms with van der Waals surface area (Å²) in [5.74, 6) is 1.37. The Labute approximate surface area is 200 Å². The highest BCUT2D eigenvalue weighted by Crippen LogP contribution is 2.28. The number of methoxy groups -OCH3 is 2. The Morgan fingerprint density at radius 2 is 1.62 bits per heavy atom. The normalized spacial score (nSPS) is 18.3. The largest absolute Gasteiger partial charge is 0.493 e. The maximum Gasteiger partial charge on any atom is 0.246 e. The molecule has 0 radical (unpaired) electrons. The summed E-state index contributed by atoms with van der Waals surface area (Å²) in [6.45, 7) is 3.39. The molecule has 2 fully saturated rings. The molecule has 7 heteroatoms. The lowest BCUT2D eigenvalue weighted by molar-refractivity contribution is -0.127. The molecule has 2 heterocycles. The molecule has 2 aliphatic rings. The molecule has 2 aliphatic heterocycles. The van der Waals surface area contributed by atoms with Gasteiger partial charge in [0, 0.05) is 38.3 Å². The molecule has 0 saturated carbocycles. The lowest BCUT2D eigenvalue weighted by Gasteiger charge is -2.41. The molecular formula is C27H33FN2O4. The Kier molecular flexibility index (Phi) is 8.06. The van der Waals surface area contributed by atoms with Crippen molar-refractivity contribution in [2.24, 2.45) is 0 Å². The van der Waals surface area contributed by atoms with E-state index in [1.807, 2.05) is 29.2 Å². The van der Waals surface area contributed by atoms with E-state index in [2.05, 4.69) is 4.90 Å². The Balaban J connectivity index is 1.22. The minimum Gasteiger partial charge on any atom is -0.493 e. The fourth-order valence-electron chi connectivity index (χ4n) is 4.76. The number of halogens is 1. The molecule has 1 amide bonds. The van der Waals surface area contributed by atoms with Crippen LogP contribution in [0.15, 0.2) is 48.5 Å². The lowest BCUT2D eigenvalue weighted by Crippen LogP contribution is -2.49. The number of benzene rings is 2. The topological polar surface area (TPSA) is 51.2 Å². The van der Waals surface area contributed by atoms with E-state index in [1.165, 1.54) is 6.07 Å². The summed E-state index contributed by atoms with van der Waals surface area (Å²) < 4.78 is 30.3. The van der Waals surface area contributed by atoms with E-state index in [1.54, 1.807) is 38.5 Å². The summed E-state index contributed by atoms with van der Waals surface area (Å²) in [6.07, 6.45) is 7.22. The molecule has 182 valence electrons. The van der Waals surface area contributed by atoms with Gasteiger partial charge in [-0.15, -0.1) is 0 Å². The van der Waals surface area contributed by atoms with Crippen molar-refractivity contribution in [3.05, 3.63) is 59.9 Å². The number of para-hydroxylation sites is 1. The highest BCUT2D eigenvalue weighted by Gasteiger charge is 2.30. The van der Waals surface area contributed by atoms with Crippen LogP contribution in [0, 0.1) is 5.82 Å². The Morgan fingerprint density at radius 1 is 0.912 bits per heavy atom. The molecule has 0 spiro atoms. The first-order valence-corrected chi connectivity index (χ1v) is 11.9. The molecule has 0 aliphatic carbocycles. The maximum absolute atomic E-state index is 13.8. The summed E-state index contributed by atoms with van der Waals surface area (Å²) in [6, 6.07) is 12.7. The van der Waals surface area contributed by atoms with Gasteiger partial charge in [-0.3, -0.25) is 9.69 Å². The standard InChI is InChI=1S/C27H33FN2O4/c1-32-25-9-7-20(19-26(25)33-2)8-10-27(31)30-15-11-21(12-16-30)29-17-13-22(14-18-29)34-24-6-4-3-5-23(24)28/h3-10,19,21-22H,11-18H2,1-2H3/b10-8+. The van der Waals surface area contributed by atoms with Crippen LogP contribution < -0.4 is 14.2 Å². The zero-order valence-corrected chi connectivity index (χ0v) is 19.9. The zero-order valence-electron chi connectivity index (χ0n) is 19.9. The highest BCUT2D eigenvalue weighted by atomic mass is 19.1. The molecule has 34 heavy (non-hydrogen) atoms. The van der Waals surface area contributed by atoms with E-state index in [0.29, 0.717) is 23.3 Å². The Hall–Kier alpha value is -3.06. The number of likely N-dealkylation sites (tertiary alicyclic amines) is 2. The summed E-state index contributed by atoms with van der Waals surface area (Å²) in [5, 5.41) is 0. The van der Waals surface area contributed by atoms with E-state index >= 15 is 0 Å². The lowest BCUT2D eigenvalue weighted by atomic mass is 9.98.